The highest BCUT2D eigenvalue weighted by molar-refractivity contribution is 6.00. The molecular weight excluding hydrogens is 513 g/mol. The van der Waals surface area contributed by atoms with Crippen molar-refractivity contribution in [3.05, 3.63) is 105 Å². The number of nitro groups is 1. The smallest absolute Gasteiger partial charge is 0.369 e. The van der Waals surface area contributed by atoms with Crippen LogP contribution in [0.2, 0.25) is 0 Å². The molecule has 39 heavy (non-hydrogen) atoms. The fourth-order valence-corrected chi connectivity index (χ4v) is 4.38. The van der Waals surface area contributed by atoms with Gasteiger partial charge in [-0.25, -0.2) is 0 Å². The van der Waals surface area contributed by atoms with E-state index in [4.69, 9.17) is 0 Å². The first-order chi connectivity index (χ1) is 18.3. The number of rotatable bonds is 7. The van der Waals surface area contributed by atoms with Crippen LogP contribution in [0.5, 0.6) is 0 Å². The number of carbonyl (C=O) groups excluding carboxylic acids is 2. The molecular formula is C29H23F3N2O5. The van der Waals surface area contributed by atoms with Gasteiger partial charge in [0.1, 0.15) is 5.56 Å². The monoisotopic (exact) mass is 536 g/mol. The maximum atomic E-state index is 13.5. The Morgan fingerprint density at radius 1 is 1.05 bits per heavy atom. The lowest BCUT2D eigenvalue weighted by atomic mass is 9.82. The van der Waals surface area contributed by atoms with E-state index in [0.717, 1.165) is 11.6 Å². The summed E-state index contributed by atoms with van der Waals surface area (Å²) < 4.78 is 40.4. The molecule has 1 aliphatic rings. The topological polar surface area (TPSA) is 110 Å². The first-order valence-electron chi connectivity index (χ1n) is 11.9. The van der Waals surface area contributed by atoms with Gasteiger partial charge in [-0.1, -0.05) is 54.3 Å². The van der Waals surface area contributed by atoms with E-state index < -0.39 is 39.3 Å². The van der Waals surface area contributed by atoms with Crippen molar-refractivity contribution < 1.29 is 32.8 Å². The Hall–Kier alpha value is -4.49. The number of benzene rings is 3. The molecule has 3 aromatic carbocycles. The summed E-state index contributed by atoms with van der Waals surface area (Å²) in [5.41, 5.74) is -4.22. The Morgan fingerprint density at radius 3 is 2.23 bits per heavy atom. The molecule has 1 fully saturated rings. The number of halogens is 3. The second kappa shape index (κ2) is 10.3. The predicted octanol–water partition coefficient (Wildman–Crippen LogP) is 5.66. The zero-order chi connectivity index (χ0) is 28.4. The molecule has 4 rings (SSSR count). The van der Waals surface area contributed by atoms with Crippen LogP contribution in [0.15, 0.2) is 72.8 Å². The van der Waals surface area contributed by atoms with Crippen molar-refractivity contribution in [2.24, 2.45) is 0 Å². The predicted molar refractivity (Wildman–Crippen MR) is 137 cm³/mol. The first-order valence-corrected chi connectivity index (χ1v) is 11.9. The fourth-order valence-electron chi connectivity index (χ4n) is 4.38. The van der Waals surface area contributed by atoms with Crippen LogP contribution in [0.4, 0.5) is 24.5 Å². The van der Waals surface area contributed by atoms with Crippen molar-refractivity contribution in [1.29, 1.82) is 0 Å². The van der Waals surface area contributed by atoms with Crippen LogP contribution in [0.3, 0.4) is 0 Å². The lowest BCUT2D eigenvalue weighted by Crippen LogP contribution is -2.44. The Morgan fingerprint density at radius 2 is 1.69 bits per heavy atom. The molecule has 0 saturated heterocycles. The number of amides is 1. The van der Waals surface area contributed by atoms with E-state index in [0.29, 0.717) is 36.1 Å². The fraction of sp³-hybridized carbons (Fsp3) is 0.241. The van der Waals surface area contributed by atoms with Crippen LogP contribution in [-0.2, 0) is 16.4 Å². The summed E-state index contributed by atoms with van der Waals surface area (Å²) >= 11 is 0. The lowest BCUT2D eigenvalue weighted by Gasteiger charge is -2.27. The molecule has 1 aliphatic carbocycles. The van der Waals surface area contributed by atoms with Gasteiger partial charge in [0.15, 0.2) is 5.78 Å². The van der Waals surface area contributed by atoms with Gasteiger partial charge in [0.25, 0.3) is 11.6 Å². The summed E-state index contributed by atoms with van der Waals surface area (Å²) in [6.45, 7) is 1.41. The minimum atomic E-state index is -5.04. The van der Waals surface area contributed by atoms with Crippen molar-refractivity contribution in [1.82, 2.24) is 0 Å². The Labute approximate surface area is 221 Å². The van der Waals surface area contributed by atoms with Crippen molar-refractivity contribution in [2.45, 2.75) is 43.4 Å². The summed E-state index contributed by atoms with van der Waals surface area (Å²) in [4.78, 5) is 34.9. The summed E-state index contributed by atoms with van der Waals surface area (Å²) in [5, 5.41) is 24.9. The SMILES string of the molecule is CC(=O)c1ccc(C#CC(O)(CC2(c3ccccc3)CC2)C(=O)Nc2ccc([N+](=O)[O-])c(C(F)(F)F)c2)cc1. The quantitative estimate of drug-likeness (QED) is 0.175. The maximum Gasteiger partial charge on any atom is 0.423 e. The molecule has 1 unspecified atom stereocenters. The lowest BCUT2D eigenvalue weighted by molar-refractivity contribution is -0.388. The van der Waals surface area contributed by atoms with Crippen LogP contribution in [0, 0.1) is 22.0 Å². The highest BCUT2D eigenvalue weighted by Gasteiger charge is 2.52. The third-order valence-electron chi connectivity index (χ3n) is 6.67. The molecule has 0 bridgehead atoms. The van der Waals surface area contributed by atoms with E-state index in [-0.39, 0.29) is 17.9 Å². The molecule has 0 heterocycles. The van der Waals surface area contributed by atoms with Gasteiger partial charge < -0.3 is 10.4 Å². The van der Waals surface area contributed by atoms with Crippen LogP contribution in [-0.4, -0.2) is 27.3 Å². The molecule has 1 saturated carbocycles. The van der Waals surface area contributed by atoms with Gasteiger partial charge in [-0.2, -0.15) is 13.2 Å². The second-order valence-corrected chi connectivity index (χ2v) is 9.51. The number of nitro benzene ring substituents is 1. The number of nitrogens with one attached hydrogen (secondary N) is 1. The van der Waals surface area contributed by atoms with E-state index in [2.05, 4.69) is 17.2 Å². The van der Waals surface area contributed by atoms with Crippen LogP contribution in [0.25, 0.3) is 0 Å². The minimum Gasteiger partial charge on any atom is -0.369 e. The minimum absolute atomic E-state index is 0.131. The number of hydrogen-bond donors (Lipinski definition) is 2. The normalized spacial score (nSPS) is 15.3. The molecule has 0 spiro atoms. The summed E-state index contributed by atoms with van der Waals surface area (Å²) in [7, 11) is 0. The molecule has 1 amide bonds. The van der Waals surface area contributed by atoms with Gasteiger partial charge >= 0.3 is 6.18 Å². The van der Waals surface area contributed by atoms with Gasteiger partial charge in [-0.15, -0.1) is 0 Å². The highest BCUT2D eigenvalue weighted by Crippen LogP contribution is 2.53. The third kappa shape index (κ3) is 6.16. The number of aliphatic hydroxyl groups is 1. The number of nitrogens with zero attached hydrogens (tertiary/aromatic N) is 1. The van der Waals surface area contributed by atoms with E-state index in [9.17, 15) is 38.0 Å². The van der Waals surface area contributed by atoms with E-state index in [1.807, 2.05) is 30.3 Å². The molecule has 10 heteroatoms. The van der Waals surface area contributed by atoms with Crippen LogP contribution in [0.1, 0.15) is 53.2 Å². The molecule has 0 radical (unpaired) electrons. The number of alkyl halides is 3. The third-order valence-corrected chi connectivity index (χ3v) is 6.67. The summed E-state index contributed by atoms with van der Waals surface area (Å²) in [6, 6.07) is 17.5. The molecule has 2 N–H and O–H groups in total. The number of carbonyl (C=O) groups is 2. The van der Waals surface area contributed by atoms with E-state index in [1.54, 1.807) is 24.3 Å². The van der Waals surface area contributed by atoms with Gasteiger partial charge in [-0.3, -0.25) is 19.7 Å². The van der Waals surface area contributed by atoms with Gasteiger partial charge in [0.05, 0.1) is 4.92 Å². The van der Waals surface area contributed by atoms with Crippen molar-refractivity contribution in [2.75, 3.05) is 5.32 Å². The largest absolute Gasteiger partial charge is 0.423 e. The zero-order valence-corrected chi connectivity index (χ0v) is 20.7. The molecule has 200 valence electrons. The molecule has 0 aromatic heterocycles. The van der Waals surface area contributed by atoms with Crippen molar-refractivity contribution in [3.8, 4) is 11.8 Å². The van der Waals surface area contributed by atoms with Crippen LogP contribution >= 0.6 is 0 Å². The molecule has 3 aromatic rings. The van der Waals surface area contributed by atoms with Gasteiger partial charge in [0.2, 0.25) is 5.60 Å². The summed E-state index contributed by atoms with van der Waals surface area (Å²) in [5.74, 6) is 4.12. The Kier molecular flexibility index (Phi) is 7.31. The number of Topliss-reactive ketones (excluding diaryl/α,β-unsaturated/α-hetero) is 1. The van der Waals surface area contributed by atoms with E-state index >= 15 is 0 Å². The van der Waals surface area contributed by atoms with Gasteiger partial charge in [-0.05, 0) is 55.0 Å². The molecule has 0 aliphatic heterocycles. The number of anilines is 1. The maximum absolute atomic E-state index is 13.5. The van der Waals surface area contributed by atoms with Gasteiger partial charge in [0, 0.05) is 29.3 Å². The number of hydrogen-bond acceptors (Lipinski definition) is 5. The molecule has 1 atom stereocenters. The molecule has 7 nitrogen and oxygen atoms in total. The average Bonchev–Trinajstić information content (AvgIpc) is 3.68. The van der Waals surface area contributed by atoms with Crippen molar-refractivity contribution >= 4 is 23.1 Å². The second-order valence-electron chi connectivity index (χ2n) is 9.51. The van der Waals surface area contributed by atoms with Crippen molar-refractivity contribution in [3.63, 3.8) is 0 Å². The van der Waals surface area contributed by atoms with E-state index in [1.165, 1.54) is 6.92 Å². The Balaban J connectivity index is 1.70. The summed E-state index contributed by atoms with van der Waals surface area (Å²) in [6.07, 6.45) is -3.85. The average molecular weight is 537 g/mol. The highest BCUT2D eigenvalue weighted by atomic mass is 19.4. The zero-order valence-electron chi connectivity index (χ0n) is 20.7. The standard InChI is InChI=1S/C29H23F3N2O5/c1-19(35)21-9-7-20(8-10-21)13-14-28(37,18-27(15-16-27)22-5-3-2-4-6-22)26(36)33-23-11-12-25(34(38)39)24(17-23)29(30,31)32/h2-12,17,37H,15-16,18H2,1H3,(H,33,36). The first kappa shape index (κ1) is 27.5. The van der Waals surface area contributed by atoms with Crippen LogP contribution < -0.4 is 5.32 Å². The number of ketones is 1. The Bertz CT molecular complexity index is 1490.